The minimum Gasteiger partial charge on any atom is -0.306 e. The predicted octanol–water partition coefficient (Wildman–Crippen LogP) is 3.89. The van der Waals surface area contributed by atoms with E-state index in [2.05, 4.69) is 26.2 Å². The van der Waals surface area contributed by atoms with Gasteiger partial charge in [0, 0.05) is 0 Å². The summed E-state index contributed by atoms with van der Waals surface area (Å²) in [5.41, 5.74) is -0.0637. The van der Waals surface area contributed by atoms with E-state index in [4.69, 9.17) is 11.6 Å². The Bertz CT molecular complexity index is 606. The minimum atomic E-state index is -0.614. The van der Waals surface area contributed by atoms with Crippen LogP contribution in [0.5, 0.6) is 0 Å². The van der Waals surface area contributed by atoms with Crippen molar-refractivity contribution in [3.8, 4) is 0 Å². The van der Waals surface area contributed by atoms with Gasteiger partial charge >= 0.3 is 0 Å². The van der Waals surface area contributed by atoms with Gasteiger partial charge in [-0.25, -0.2) is 9.37 Å². The van der Waals surface area contributed by atoms with E-state index in [0.717, 1.165) is 0 Å². The minimum absolute atomic E-state index is 0.0637. The summed E-state index contributed by atoms with van der Waals surface area (Å²) in [6, 6.07) is 9.27. The highest BCUT2D eigenvalue weighted by atomic mass is 79.9. The number of carbonyl (C=O) groups is 1. The maximum absolute atomic E-state index is 13.7. The van der Waals surface area contributed by atoms with Gasteiger partial charge in [-0.15, -0.1) is 0 Å². The average Bonchev–Trinajstić information content (AvgIpc) is 2.32. The quantitative estimate of drug-likeness (QED) is 0.849. The molecule has 6 heteroatoms. The summed E-state index contributed by atoms with van der Waals surface area (Å²) in [5.74, 6) is -0.924. The number of benzene rings is 1. The molecule has 0 aliphatic heterocycles. The predicted molar refractivity (Wildman–Crippen MR) is 71.3 cm³/mol. The van der Waals surface area contributed by atoms with Gasteiger partial charge in [0.2, 0.25) is 0 Å². The third-order valence-electron chi connectivity index (χ3n) is 2.15. The number of nitrogens with zero attached hydrogens (tertiary/aromatic N) is 1. The molecular formula is C12H7BrClFN2O. The fraction of sp³-hybridized carbons (Fsp3) is 0. The summed E-state index contributed by atoms with van der Waals surface area (Å²) < 4.78 is 13.9. The maximum Gasteiger partial charge on any atom is 0.259 e. The molecule has 0 fully saturated rings. The molecule has 0 spiro atoms. The second kappa shape index (κ2) is 5.46. The Morgan fingerprint density at radius 1 is 1.28 bits per heavy atom. The summed E-state index contributed by atoms with van der Waals surface area (Å²) in [6.45, 7) is 0. The summed E-state index contributed by atoms with van der Waals surface area (Å²) in [4.78, 5) is 15.7. The van der Waals surface area contributed by atoms with Crippen molar-refractivity contribution >= 4 is 39.3 Å². The van der Waals surface area contributed by atoms with E-state index in [9.17, 15) is 9.18 Å². The van der Waals surface area contributed by atoms with E-state index < -0.39 is 11.7 Å². The number of halogens is 3. The zero-order valence-electron chi connectivity index (χ0n) is 8.95. The molecule has 0 bridgehead atoms. The highest BCUT2D eigenvalue weighted by Crippen LogP contribution is 2.19. The van der Waals surface area contributed by atoms with Crippen molar-refractivity contribution < 1.29 is 9.18 Å². The Morgan fingerprint density at radius 2 is 2.00 bits per heavy atom. The molecule has 2 rings (SSSR count). The topological polar surface area (TPSA) is 42.0 Å². The molecule has 1 heterocycles. The van der Waals surface area contributed by atoms with Gasteiger partial charge in [-0.2, -0.15) is 0 Å². The van der Waals surface area contributed by atoms with Crippen molar-refractivity contribution in [3.05, 3.63) is 57.4 Å². The molecule has 2 aromatic rings. The van der Waals surface area contributed by atoms with Crippen LogP contribution in [0.4, 0.5) is 10.2 Å². The van der Waals surface area contributed by atoms with Crippen molar-refractivity contribution in [1.29, 1.82) is 0 Å². The number of anilines is 1. The van der Waals surface area contributed by atoms with Crippen molar-refractivity contribution in [2.24, 2.45) is 0 Å². The van der Waals surface area contributed by atoms with E-state index in [1.807, 2.05) is 0 Å². The third kappa shape index (κ3) is 2.86. The van der Waals surface area contributed by atoms with Gasteiger partial charge in [0.05, 0.1) is 10.0 Å². The molecule has 1 aromatic carbocycles. The zero-order valence-corrected chi connectivity index (χ0v) is 11.3. The van der Waals surface area contributed by atoms with Crippen LogP contribution in [0, 0.1) is 5.82 Å². The summed E-state index contributed by atoms with van der Waals surface area (Å²) >= 11 is 8.71. The van der Waals surface area contributed by atoms with Gasteiger partial charge in [-0.1, -0.05) is 23.7 Å². The summed E-state index contributed by atoms with van der Waals surface area (Å²) in [6.07, 6.45) is 0. The molecule has 0 aliphatic rings. The van der Waals surface area contributed by atoms with Crippen molar-refractivity contribution in [2.75, 3.05) is 5.32 Å². The van der Waals surface area contributed by atoms with Gasteiger partial charge in [0.25, 0.3) is 5.91 Å². The summed E-state index contributed by atoms with van der Waals surface area (Å²) in [7, 11) is 0. The molecule has 18 heavy (non-hydrogen) atoms. The second-order valence-corrected chi connectivity index (χ2v) is 4.64. The lowest BCUT2D eigenvalue weighted by molar-refractivity contribution is 0.102. The van der Waals surface area contributed by atoms with Crippen molar-refractivity contribution in [1.82, 2.24) is 4.98 Å². The van der Waals surface area contributed by atoms with Crippen LogP contribution in [0.1, 0.15) is 10.4 Å². The highest BCUT2D eigenvalue weighted by molar-refractivity contribution is 9.10. The molecule has 3 nitrogen and oxygen atoms in total. The van der Waals surface area contributed by atoms with E-state index >= 15 is 0 Å². The lowest BCUT2D eigenvalue weighted by Gasteiger charge is -2.06. The van der Waals surface area contributed by atoms with E-state index in [-0.39, 0.29) is 21.0 Å². The van der Waals surface area contributed by atoms with E-state index in [1.165, 1.54) is 12.1 Å². The number of rotatable bonds is 2. The second-order valence-electron chi connectivity index (χ2n) is 3.40. The molecule has 0 saturated carbocycles. The molecule has 0 atom stereocenters. The first-order valence-electron chi connectivity index (χ1n) is 4.96. The maximum atomic E-state index is 13.7. The lowest BCUT2D eigenvalue weighted by atomic mass is 10.2. The Morgan fingerprint density at radius 3 is 2.72 bits per heavy atom. The van der Waals surface area contributed by atoms with Crippen LogP contribution < -0.4 is 5.32 Å². The molecule has 0 aliphatic carbocycles. The van der Waals surface area contributed by atoms with Crippen LogP contribution in [0.3, 0.4) is 0 Å². The zero-order chi connectivity index (χ0) is 13.1. The highest BCUT2D eigenvalue weighted by Gasteiger charge is 2.14. The molecule has 0 saturated heterocycles. The molecular weight excluding hydrogens is 322 g/mol. The van der Waals surface area contributed by atoms with Crippen LogP contribution in [-0.2, 0) is 0 Å². The Kier molecular flexibility index (Phi) is 3.93. The molecule has 0 unspecified atom stereocenters. The lowest BCUT2D eigenvalue weighted by Crippen LogP contribution is -2.14. The number of hydrogen-bond acceptors (Lipinski definition) is 2. The number of amides is 1. The fourth-order valence-corrected chi connectivity index (χ4v) is 1.87. The number of hydrogen-bond donors (Lipinski definition) is 1. The third-order valence-corrected chi connectivity index (χ3v) is 2.98. The first-order valence-corrected chi connectivity index (χ1v) is 6.13. The average molecular weight is 330 g/mol. The SMILES string of the molecule is O=C(Nc1cccc(Cl)n1)c1cccc(Br)c1F. The van der Waals surface area contributed by atoms with E-state index in [1.54, 1.807) is 24.3 Å². The Labute approximate surface area is 116 Å². The standard InChI is InChI=1S/C12H7BrClFN2O/c13-8-4-1-3-7(11(8)15)12(18)17-10-6-2-5-9(14)16-10/h1-6H,(H,16,17,18). The van der Waals surface area contributed by atoms with Crippen LogP contribution in [0.2, 0.25) is 5.15 Å². The van der Waals surface area contributed by atoms with Gasteiger partial charge in [-0.05, 0) is 40.2 Å². The van der Waals surface area contributed by atoms with Crippen molar-refractivity contribution in [2.45, 2.75) is 0 Å². The fourth-order valence-electron chi connectivity index (χ4n) is 1.34. The Balaban J connectivity index is 2.25. The van der Waals surface area contributed by atoms with Crippen LogP contribution >= 0.6 is 27.5 Å². The largest absolute Gasteiger partial charge is 0.306 e. The summed E-state index contributed by atoms with van der Waals surface area (Å²) in [5, 5.41) is 2.72. The normalized spacial score (nSPS) is 10.2. The van der Waals surface area contributed by atoms with Gasteiger partial charge in [0.1, 0.15) is 16.8 Å². The monoisotopic (exact) mass is 328 g/mol. The van der Waals surface area contributed by atoms with Crippen LogP contribution in [0.25, 0.3) is 0 Å². The number of pyridine rings is 1. The number of carbonyl (C=O) groups excluding carboxylic acids is 1. The smallest absolute Gasteiger partial charge is 0.259 e. The van der Waals surface area contributed by atoms with Gasteiger partial charge < -0.3 is 5.32 Å². The first kappa shape index (κ1) is 13.0. The first-order chi connectivity index (χ1) is 8.58. The molecule has 1 amide bonds. The van der Waals surface area contributed by atoms with Gasteiger partial charge in [-0.3, -0.25) is 4.79 Å². The number of nitrogens with one attached hydrogen (secondary N) is 1. The Hall–Kier alpha value is -1.46. The molecule has 1 aromatic heterocycles. The van der Waals surface area contributed by atoms with Crippen LogP contribution in [-0.4, -0.2) is 10.9 Å². The van der Waals surface area contributed by atoms with Crippen LogP contribution in [0.15, 0.2) is 40.9 Å². The number of aromatic nitrogens is 1. The van der Waals surface area contributed by atoms with Crippen molar-refractivity contribution in [3.63, 3.8) is 0 Å². The molecule has 1 N–H and O–H groups in total. The van der Waals surface area contributed by atoms with E-state index in [0.29, 0.717) is 0 Å². The molecule has 0 radical (unpaired) electrons. The van der Waals surface area contributed by atoms with Gasteiger partial charge in [0.15, 0.2) is 0 Å². The molecule has 92 valence electrons.